The Hall–Kier alpha value is -2.19. The van der Waals surface area contributed by atoms with Crippen LogP contribution in [0.2, 0.25) is 0 Å². The molecule has 3 rings (SSSR count). The van der Waals surface area contributed by atoms with Crippen molar-refractivity contribution in [2.24, 2.45) is 5.92 Å². The highest BCUT2D eigenvalue weighted by Crippen LogP contribution is 2.31. The maximum Gasteiger partial charge on any atom is 0.292 e. The van der Waals surface area contributed by atoms with Crippen LogP contribution in [-0.2, 0) is 4.79 Å². The number of nitrogens with one attached hydrogen (secondary N) is 2. The number of piperidine rings is 1. The number of carbonyl (C=O) groups excluding carboxylic acids is 1. The highest BCUT2D eigenvalue weighted by molar-refractivity contribution is 5.78. The minimum atomic E-state index is -0.344. The summed E-state index contributed by atoms with van der Waals surface area (Å²) in [4.78, 5) is 26.8. The monoisotopic (exact) mass is 348 g/mol. The number of hydrogen-bond donors (Lipinski definition) is 2. The third kappa shape index (κ3) is 4.26. The van der Waals surface area contributed by atoms with Gasteiger partial charge in [-0.1, -0.05) is 12.1 Å². The molecular formula is C17H26N5O3+. The van der Waals surface area contributed by atoms with Crippen LogP contribution in [0.25, 0.3) is 0 Å². The summed E-state index contributed by atoms with van der Waals surface area (Å²) in [5.74, 6) is 0.0628. The lowest BCUT2D eigenvalue weighted by atomic mass is 9.95. The molecule has 2 aliphatic heterocycles. The van der Waals surface area contributed by atoms with Crippen LogP contribution in [0.1, 0.15) is 12.8 Å². The predicted octanol–water partition coefficient (Wildman–Crippen LogP) is -0.327. The molecule has 2 N–H and O–H groups in total. The molecule has 8 heteroatoms. The van der Waals surface area contributed by atoms with Gasteiger partial charge in [-0.25, -0.2) is 5.01 Å². The molecule has 1 aromatic carbocycles. The molecule has 0 spiro atoms. The highest BCUT2D eigenvalue weighted by atomic mass is 16.6. The minimum absolute atomic E-state index is 0.0222. The number of nitrogens with zero attached hydrogens (tertiary/aromatic N) is 3. The number of amides is 1. The third-order valence-electron chi connectivity index (χ3n) is 5.17. The second-order valence-corrected chi connectivity index (χ2v) is 6.93. The molecule has 2 fully saturated rings. The second kappa shape index (κ2) is 7.79. The van der Waals surface area contributed by atoms with Gasteiger partial charge in [0.05, 0.1) is 38.2 Å². The van der Waals surface area contributed by atoms with Gasteiger partial charge in [-0.3, -0.25) is 20.3 Å². The summed E-state index contributed by atoms with van der Waals surface area (Å²) >= 11 is 0. The van der Waals surface area contributed by atoms with Crippen molar-refractivity contribution in [1.29, 1.82) is 0 Å². The van der Waals surface area contributed by atoms with Crippen molar-refractivity contribution in [2.75, 3.05) is 51.2 Å². The van der Waals surface area contributed by atoms with Gasteiger partial charge in [-0.05, 0) is 18.9 Å². The standard InChI is InChI=1S/C17H25N5O3/c1-19-10-12-21(13-11-19)18-17(23)14-6-8-20(9-7-14)15-4-2-3-5-16(15)22(24)25/h2-5,14H,6-13H2,1H3,(H,18,23)/p+1. The number of quaternary nitrogens is 1. The Balaban J connectivity index is 1.53. The SMILES string of the molecule is C[NH+]1CCN(NC(=O)C2CCN(c3ccccc3[N+](=O)[O-])CC2)CC1. The molecule has 1 aromatic rings. The second-order valence-electron chi connectivity index (χ2n) is 6.93. The fraction of sp³-hybridized carbons (Fsp3) is 0.588. The van der Waals surface area contributed by atoms with E-state index in [1.165, 1.54) is 11.0 Å². The van der Waals surface area contributed by atoms with Crippen molar-refractivity contribution in [3.05, 3.63) is 34.4 Å². The Labute approximate surface area is 147 Å². The molecule has 1 amide bonds. The van der Waals surface area contributed by atoms with Gasteiger partial charge >= 0.3 is 0 Å². The van der Waals surface area contributed by atoms with Crippen molar-refractivity contribution >= 4 is 17.3 Å². The Kier molecular flexibility index (Phi) is 5.50. The van der Waals surface area contributed by atoms with E-state index in [9.17, 15) is 14.9 Å². The van der Waals surface area contributed by atoms with Crippen LogP contribution in [0.15, 0.2) is 24.3 Å². The average molecular weight is 348 g/mol. The summed E-state index contributed by atoms with van der Waals surface area (Å²) in [6, 6.07) is 6.81. The van der Waals surface area contributed by atoms with Gasteiger partial charge in [0.25, 0.3) is 5.69 Å². The number of hydrogen-bond acceptors (Lipinski definition) is 5. The van der Waals surface area contributed by atoms with Crippen molar-refractivity contribution in [3.63, 3.8) is 0 Å². The molecule has 0 aliphatic carbocycles. The summed E-state index contributed by atoms with van der Waals surface area (Å²) in [5, 5.41) is 13.2. The van der Waals surface area contributed by atoms with Gasteiger partial charge in [0.15, 0.2) is 0 Å². The topological polar surface area (TPSA) is 83.2 Å². The van der Waals surface area contributed by atoms with Gasteiger partial charge in [-0.2, -0.15) is 0 Å². The number of likely N-dealkylation sites (N-methyl/N-ethyl adjacent to an activating group) is 1. The van der Waals surface area contributed by atoms with Crippen LogP contribution < -0.4 is 15.2 Å². The number of hydrazine groups is 1. The van der Waals surface area contributed by atoms with Crippen molar-refractivity contribution < 1.29 is 14.6 Å². The first kappa shape index (κ1) is 17.6. The van der Waals surface area contributed by atoms with Gasteiger partial charge in [0.1, 0.15) is 5.69 Å². The Morgan fingerprint density at radius 1 is 1.20 bits per heavy atom. The zero-order valence-electron chi connectivity index (χ0n) is 14.6. The quantitative estimate of drug-likeness (QED) is 0.575. The first-order valence-electron chi connectivity index (χ1n) is 8.89. The predicted molar refractivity (Wildman–Crippen MR) is 94.4 cm³/mol. The van der Waals surface area contributed by atoms with Crippen LogP contribution in [0, 0.1) is 16.0 Å². The molecule has 2 aliphatic rings. The molecule has 0 atom stereocenters. The summed E-state index contributed by atoms with van der Waals surface area (Å²) in [6.07, 6.45) is 1.44. The molecule has 2 saturated heterocycles. The van der Waals surface area contributed by atoms with E-state index in [-0.39, 0.29) is 22.4 Å². The van der Waals surface area contributed by atoms with E-state index in [4.69, 9.17) is 0 Å². The first-order valence-corrected chi connectivity index (χ1v) is 8.89. The molecule has 0 bridgehead atoms. The third-order valence-corrected chi connectivity index (χ3v) is 5.17. The minimum Gasteiger partial charge on any atom is -0.366 e. The summed E-state index contributed by atoms with van der Waals surface area (Å²) in [5.41, 5.74) is 3.82. The van der Waals surface area contributed by atoms with E-state index in [0.717, 1.165) is 39.0 Å². The van der Waals surface area contributed by atoms with E-state index in [1.807, 2.05) is 16.0 Å². The van der Waals surface area contributed by atoms with Crippen LogP contribution >= 0.6 is 0 Å². The number of benzene rings is 1. The van der Waals surface area contributed by atoms with Gasteiger partial charge in [0, 0.05) is 25.1 Å². The number of para-hydroxylation sites is 2. The normalized spacial score (nSPS) is 20.4. The van der Waals surface area contributed by atoms with E-state index in [0.29, 0.717) is 18.8 Å². The maximum absolute atomic E-state index is 12.5. The molecule has 0 unspecified atom stereocenters. The van der Waals surface area contributed by atoms with Crippen LogP contribution in [0.4, 0.5) is 11.4 Å². The molecule has 0 aromatic heterocycles. The molecule has 2 heterocycles. The van der Waals surface area contributed by atoms with Crippen molar-refractivity contribution in [1.82, 2.24) is 10.4 Å². The van der Waals surface area contributed by atoms with E-state index >= 15 is 0 Å². The van der Waals surface area contributed by atoms with Crippen LogP contribution in [0.3, 0.4) is 0 Å². The zero-order chi connectivity index (χ0) is 17.8. The van der Waals surface area contributed by atoms with Crippen molar-refractivity contribution in [2.45, 2.75) is 12.8 Å². The summed E-state index contributed by atoms with van der Waals surface area (Å²) in [6.45, 7) is 5.16. The van der Waals surface area contributed by atoms with E-state index in [1.54, 1.807) is 12.1 Å². The van der Waals surface area contributed by atoms with Gasteiger partial charge in [-0.15, -0.1) is 0 Å². The van der Waals surface area contributed by atoms with Crippen LogP contribution in [-0.4, -0.2) is 62.2 Å². The molecule has 8 nitrogen and oxygen atoms in total. The number of nitro benzene ring substituents is 1. The van der Waals surface area contributed by atoms with Gasteiger partial charge < -0.3 is 9.80 Å². The number of nitro groups is 1. The summed E-state index contributed by atoms with van der Waals surface area (Å²) in [7, 11) is 2.16. The summed E-state index contributed by atoms with van der Waals surface area (Å²) < 4.78 is 0. The fourth-order valence-corrected chi connectivity index (χ4v) is 3.52. The molecule has 0 radical (unpaired) electrons. The average Bonchev–Trinajstić information content (AvgIpc) is 2.63. The smallest absolute Gasteiger partial charge is 0.292 e. The van der Waals surface area contributed by atoms with E-state index in [2.05, 4.69) is 12.5 Å². The first-order chi connectivity index (χ1) is 12.0. The Bertz CT molecular complexity index is 622. The fourth-order valence-electron chi connectivity index (χ4n) is 3.52. The zero-order valence-corrected chi connectivity index (χ0v) is 14.6. The van der Waals surface area contributed by atoms with Crippen molar-refractivity contribution in [3.8, 4) is 0 Å². The lowest BCUT2D eigenvalue weighted by Gasteiger charge is -2.35. The lowest BCUT2D eigenvalue weighted by molar-refractivity contribution is -0.884. The molecule has 25 heavy (non-hydrogen) atoms. The van der Waals surface area contributed by atoms with Crippen LogP contribution in [0.5, 0.6) is 0 Å². The lowest BCUT2D eigenvalue weighted by Crippen LogP contribution is -3.12. The van der Waals surface area contributed by atoms with E-state index < -0.39 is 0 Å². The number of anilines is 1. The highest BCUT2D eigenvalue weighted by Gasteiger charge is 2.29. The largest absolute Gasteiger partial charge is 0.366 e. The Morgan fingerprint density at radius 2 is 1.84 bits per heavy atom. The number of carbonyl (C=O) groups is 1. The number of piperazine rings is 1. The number of rotatable bonds is 4. The molecule has 0 saturated carbocycles. The van der Waals surface area contributed by atoms with Gasteiger partial charge in [0.2, 0.25) is 5.91 Å². The Morgan fingerprint density at radius 3 is 2.48 bits per heavy atom. The maximum atomic E-state index is 12.5. The molecule has 136 valence electrons. The molecular weight excluding hydrogens is 322 g/mol.